The Morgan fingerprint density at radius 1 is 1.14 bits per heavy atom. The standard InChI is InChI=1S/C22H24N2O5/c25-21(23-12-15-8-9-18-19(11-15)29-14-28-18)20(16-5-2-1-3-6-16)24-10-4-7-17(13-24)22(26)27/h1-3,5-6,8-9,11,17,20H,4,7,10,12-14H2,(H,23,25)(H,26,27). The van der Waals surface area contributed by atoms with E-state index >= 15 is 0 Å². The van der Waals surface area contributed by atoms with E-state index in [4.69, 9.17) is 9.47 Å². The van der Waals surface area contributed by atoms with Gasteiger partial charge in [-0.25, -0.2) is 0 Å². The van der Waals surface area contributed by atoms with Crippen molar-refractivity contribution in [1.82, 2.24) is 10.2 Å². The number of carbonyl (C=O) groups excluding carboxylic acids is 1. The summed E-state index contributed by atoms with van der Waals surface area (Å²) in [6.45, 7) is 1.63. The van der Waals surface area contributed by atoms with Crippen LogP contribution in [0, 0.1) is 5.92 Å². The van der Waals surface area contributed by atoms with Crippen molar-refractivity contribution in [2.45, 2.75) is 25.4 Å². The van der Waals surface area contributed by atoms with E-state index < -0.39 is 17.9 Å². The molecule has 2 aliphatic heterocycles. The fourth-order valence-corrected chi connectivity index (χ4v) is 3.94. The van der Waals surface area contributed by atoms with Crippen LogP contribution in [0.1, 0.15) is 30.0 Å². The highest BCUT2D eigenvalue weighted by molar-refractivity contribution is 5.83. The smallest absolute Gasteiger partial charge is 0.307 e. The fraction of sp³-hybridized carbons (Fsp3) is 0.364. The van der Waals surface area contributed by atoms with Crippen LogP contribution in [0.2, 0.25) is 0 Å². The molecule has 2 aromatic rings. The minimum absolute atomic E-state index is 0.139. The van der Waals surface area contributed by atoms with Gasteiger partial charge in [0.15, 0.2) is 11.5 Å². The number of hydrogen-bond donors (Lipinski definition) is 2. The van der Waals surface area contributed by atoms with Crippen molar-refractivity contribution in [2.24, 2.45) is 5.92 Å². The zero-order valence-corrected chi connectivity index (χ0v) is 16.0. The van der Waals surface area contributed by atoms with Crippen molar-refractivity contribution in [3.63, 3.8) is 0 Å². The lowest BCUT2D eigenvalue weighted by atomic mass is 9.94. The summed E-state index contributed by atoms with van der Waals surface area (Å²) in [5.41, 5.74) is 1.78. The molecule has 2 atom stereocenters. The quantitative estimate of drug-likeness (QED) is 0.780. The van der Waals surface area contributed by atoms with E-state index in [1.165, 1.54) is 0 Å². The molecule has 7 nitrogen and oxygen atoms in total. The maximum atomic E-state index is 13.2. The highest BCUT2D eigenvalue weighted by Gasteiger charge is 2.34. The number of rotatable bonds is 6. The largest absolute Gasteiger partial charge is 0.481 e. The van der Waals surface area contributed by atoms with E-state index in [-0.39, 0.29) is 12.7 Å². The molecule has 1 fully saturated rings. The van der Waals surface area contributed by atoms with Crippen molar-refractivity contribution in [2.75, 3.05) is 19.9 Å². The minimum Gasteiger partial charge on any atom is -0.481 e. The van der Waals surface area contributed by atoms with Gasteiger partial charge < -0.3 is 19.9 Å². The van der Waals surface area contributed by atoms with Crippen LogP contribution in [0.3, 0.4) is 0 Å². The Kier molecular flexibility index (Phi) is 5.67. The highest BCUT2D eigenvalue weighted by Crippen LogP contribution is 2.32. The zero-order valence-electron chi connectivity index (χ0n) is 16.0. The van der Waals surface area contributed by atoms with Crippen LogP contribution in [-0.2, 0) is 16.1 Å². The third-order valence-corrected chi connectivity index (χ3v) is 5.43. The lowest BCUT2D eigenvalue weighted by Gasteiger charge is -2.36. The first-order valence-electron chi connectivity index (χ1n) is 9.80. The molecule has 0 radical (unpaired) electrons. The number of carboxylic acid groups (broad SMARTS) is 1. The summed E-state index contributed by atoms with van der Waals surface area (Å²) in [7, 11) is 0. The average molecular weight is 396 g/mol. The number of piperidine rings is 1. The van der Waals surface area contributed by atoms with E-state index in [0.717, 1.165) is 17.5 Å². The van der Waals surface area contributed by atoms with Crippen LogP contribution in [0.5, 0.6) is 11.5 Å². The Labute approximate surface area is 169 Å². The zero-order chi connectivity index (χ0) is 20.2. The second-order valence-corrected chi connectivity index (χ2v) is 7.39. The normalized spacial score (nSPS) is 19.5. The number of nitrogens with zero attached hydrogens (tertiary/aromatic N) is 1. The summed E-state index contributed by atoms with van der Waals surface area (Å²) >= 11 is 0. The Morgan fingerprint density at radius 3 is 2.72 bits per heavy atom. The Morgan fingerprint density at radius 2 is 1.93 bits per heavy atom. The Balaban J connectivity index is 1.50. The second kappa shape index (κ2) is 8.53. The molecule has 2 heterocycles. The maximum absolute atomic E-state index is 13.2. The highest BCUT2D eigenvalue weighted by atomic mass is 16.7. The summed E-state index contributed by atoms with van der Waals surface area (Å²) in [6.07, 6.45) is 1.40. The molecule has 0 bridgehead atoms. The van der Waals surface area contributed by atoms with Gasteiger partial charge in [0.25, 0.3) is 0 Å². The molecule has 1 amide bonds. The van der Waals surface area contributed by atoms with Gasteiger partial charge >= 0.3 is 5.97 Å². The van der Waals surface area contributed by atoms with Gasteiger partial charge in [-0.3, -0.25) is 14.5 Å². The number of likely N-dealkylation sites (tertiary alicyclic amines) is 1. The molecular formula is C22H24N2O5. The molecule has 152 valence electrons. The van der Waals surface area contributed by atoms with Crippen LogP contribution in [0.25, 0.3) is 0 Å². The van der Waals surface area contributed by atoms with Crippen molar-refractivity contribution in [3.05, 3.63) is 59.7 Å². The van der Waals surface area contributed by atoms with Gasteiger partial charge in [0, 0.05) is 13.1 Å². The molecule has 2 aliphatic rings. The fourth-order valence-electron chi connectivity index (χ4n) is 3.94. The number of hydrogen-bond acceptors (Lipinski definition) is 5. The van der Waals surface area contributed by atoms with Gasteiger partial charge in [0.05, 0.1) is 5.92 Å². The van der Waals surface area contributed by atoms with Gasteiger partial charge in [-0.15, -0.1) is 0 Å². The molecule has 2 aromatic carbocycles. The first kappa shape index (κ1) is 19.3. The molecule has 0 aromatic heterocycles. The Hall–Kier alpha value is -3.06. The molecular weight excluding hydrogens is 372 g/mol. The van der Waals surface area contributed by atoms with Crippen LogP contribution in [0.4, 0.5) is 0 Å². The van der Waals surface area contributed by atoms with E-state index in [2.05, 4.69) is 5.32 Å². The van der Waals surface area contributed by atoms with Crippen molar-refractivity contribution in [3.8, 4) is 11.5 Å². The predicted octanol–water partition coefficient (Wildman–Crippen LogP) is 2.57. The molecule has 7 heteroatoms. The third kappa shape index (κ3) is 4.35. The van der Waals surface area contributed by atoms with Gasteiger partial charge in [-0.2, -0.15) is 0 Å². The minimum atomic E-state index is -0.803. The SMILES string of the molecule is O=C(O)C1CCCN(C(C(=O)NCc2ccc3c(c2)OCO3)c2ccccc2)C1. The van der Waals surface area contributed by atoms with Crippen LogP contribution in [-0.4, -0.2) is 41.8 Å². The number of nitrogens with one attached hydrogen (secondary N) is 1. The second-order valence-electron chi connectivity index (χ2n) is 7.39. The number of ether oxygens (including phenoxy) is 2. The van der Waals surface area contributed by atoms with Crippen LogP contribution >= 0.6 is 0 Å². The van der Waals surface area contributed by atoms with Gasteiger partial charge in [-0.1, -0.05) is 36.4 Å². The van der Waals surface area contributed by atoms with Gasteiger partial charge in [-0.05, 0) is 42.6 Å². The lowest BCUT2D eigenvalue weighted by molar-refractivity contribution is -0.145. The van der Waals surface area contributed by atoms with Crippen LogP contribution < -0.4 is 14.8 Å². The van der Waals surface area contributed by atoms with Crippen molar-refractivity contribution >= 4 is 11.9 Å². The summed E-state index contributed by atoms with van der Waals surface area (Å²) in [5.74, 6) is -0.00855. The van der Waals surface area contributed by atoms with Gasteiger partial charge in [0.2, 0.25) is 12.7 Å². The van der Waals surface area contributed by atoms with Gasteiger partial charge in [0.1, 0.15) is 6.04 Å². The first-order valence-corrected chi connectivity index (χ1v) is 9.80. The number of aliphatic carboxylic acids is 1. The van der Waals surface area contributed by atoms with E-state index in [9.17, 15) is 14.7 Å². The number of carboxylic acids is 1. The van der Waals surface area contributed by atoms with Crippen molar-refractivity contribution < 1.29 is 24.2 Å². The molecule has 2 N–H and O–H groups in total. The number of amides is 1. The predicted molar refractivity (Wildman–Crippen MR) is 106 cm³/mol. The molecule has 0 saturated carbocycles. The number of benzene rings is 2. The molecule has 0 spiro atoms. The number of fused-ring (bicyclic) bond motifs is 1. The van der Waals surface area contributed by atoms with E-state index in [0.29, 0.717) is 37.6 Å². The lowest BCUT2D eigenvalue weighted by Crippen LogP contribution is -2.46. The summed E-state index contributed by atoms with van der Waals surface area (Å²) in [5, 5.41) is 12.4. The molecule has 2 unspecified atom stereocenters. The topological polar surface area (TPSA) is 88.1 Å². The first-order chi connectivity index (χ1) is 14.1. The third-order valence-electron chi connectivity index (χ3n) is 5.43. The van der Waals surface area contributed by atoms with Crippen molar-refractivity contribution in [1.29, 1.82) is 0 Å². The monoisotopic (exact) mass is 396 g/mol. The molecule has 29 heavy (non-hydrogen) atoms. The molecule has 0 aliphatic carbocycles. The average Bonchev–Trinajstić information content (AvgIpc) is 3.21. The molecule has 1 saturated heterocycles. The summed E-state index contributed by atoms with van der Waals surface area (Å²) in [4.78, 5) is 26.6. The van der Waals surface area contributed by atoms with Crippen LogP contribution in [0.15, 0.2) is 48.5 Å². The van der Waals surface area contributed by atoms with E-state index in [1.807, 2.05) is 53.4 Å². The van der Waals surface area contributed by atoms with E-state index in [1.54, 1.807) is 0 Å². The summed E-state index contributed by atoms with van der Waals surface area (Å²) < 4.78 is 10.7. The maximum Gasteiger partial charge on any atom is 0.307 e. The number of carbonyl (C=O) groups is 2. The molecule has 4 rings (SSSR count). The summed E-state index contributed by atoms with van der Waals surface area (Å²) in [6, 6.07) is 14.6. The Bertz CT molecular complexity index is 886.